The van der Waals surface area contributed by atoms with E-state index in [-0.39, 0.29) is 11.9 Å². The van der Waals surface area contributed by atoms with Crippen LogP contribution in [0, 0.1) is 0 Å². The van der Waals surface area contributed by atoms with E-state index in [0.29, 0.717) is 18.2 Å². The minimum atomic E-state index is 0.101. The summed E-state index contributed by atoms with van der Waals surface area (Å²) in [6.07, 6.45) is 5.42. The molecule has 0 bridgehead atoms. The van der Waals surface area contributed by atoms with Gasteiger partial charge in [0.1, 0.15) is 5.82 Å². The van der Waals surface area contributed by atoms with Crippen LogP contribution in [0.15, 0.2) is 23.5 Å². The summed E-state index contributed by atoms with van der Waals surface area (Å²) >= 11 is 0. The van der Waals surface area contributed by atoms with Crippen LogP contribution in [0.2, 0.25) is 0 Å². The Kier molecular flexibility index (Phi) is 3.25. The number of anilines is 1. The highest BCUT2D eigenvalue weighted by Gasteiger charge is 2.37. The minimum Gasteiger partial charge on any atom is -0.409 e. The minimum absolute atomic E-state index is 0.101. The average Bonchev–Trinajstić information content (AvgIpc) is 2.94. The number of nitrogens with zero attached hydrogens (tertiary/aromatic N) is 3. The first-order chi connectivity index (χ1) is 9.31. The Morgan fingerprint density at radius 2 is 2.42 bits per heavy atom. The number of oxime groups is 1. The Hall–Kier alpha value is -1.82. The van der Waals surface area contributed by atoms with Crippen LogP contribution in [0.4, 0.5) is 5.82 Å². The molecule has 1 saturated heterocycles. The molecule has 19 heavy (non-hydrogen) atoms. The summed E-state index contributed by atoms with van der Waals surface area (Å²) in [6.45, 7) is 1.50. The summed E-state index contributed by atoms with van der Waals surface area (Å²) in [5, 5.41) is 12.0. The van der Waals surface area contributed by atoms with Crippen molar-refractivity contribution in [2.75, 3.05) is 18.1 Å². The topological polar surface area (TPSA) is 84.0 Å². The van der Waals surface area contributed by atoms with Crippen molar-refractivity contribution in [1.29, 1.82) is 0 Å². The van der Waals surface area contributed by atoms with E-state index in [2.05, 4.69) is 15.0 Å². The predicted octanol–water partition coefficient (Wildman–Crippen LogP) is 0.934. The first-order valence-corrected chi connectivity index (χ1v) is 6.62. The summed E-state index contributed by atoms with van der Waals surface area (Å²) < 4.78 is 5.80. The normalized spacial score (nSPS) is 27.4. The van der Waals surface area contributed by atoms with Gasteiger partial charge in [0.25, 0.3) is 0 Å². The number of amidine groups is 1. The van der Waals surface area contributed by atoms with E-state index in [1.54, 1.807) is 12.3 Å². The van der Waals surface area contributed by atoms with Gasteiger partial charge < -0.3 is 20.6 Å². The largest absolute Gasteiger partial charge is 0.409 e. The van der Waals surface area contributed by atoms with Crippen LogP contribution in [-0.2, 0) is 4.74 Å². The van der Waals surface area contributed by atoms with Gasteiger partial charge in [-0.25, -0.2) is 4.98 Å². The summed E-state index contributed by atoms with van der Waals surface area (Å²) in [5.74, 6) is 0.891. The maximum absolute atomic E-state index is 8.89. The van der Waals surface area contributed by atoms with Gasteiger partial charge in [-0.1, -0.05) is 5.16 Å². The molecule has 2 heterocycles. The third-order valence-corrected chi connectivity index (χ3v) is 3.92. The molecule has 0 spiro atoms. The molecule has 1 aromatic rings. The number of nitrogens with two attached hydrogens (primary N) is 1. The molecule has 1 aliphatic carbocycles. The molecule has 3 rings (SSSR count). The number of aromatic nitrogens is 1. The van der Waals surface area contributed by atoms with Crippen LogP contribution in [0.3, 0.4) is 0 Å². The first-order valence-electron chi connectivity index (χ1n) is 6.62. The lowest BCUT2D eigenvalue weighted by atomic mass is 10.1. The van der Waals surface area contributed by atoms with Gasteiger partial charge in [0.05, 0.1) is 24.3 Å². The zero-order valence-electron chi connectivity index (χ0n) is 10.7. The second kappa shape index (κ2) is 5.05. The van der Waals surface area contributed by atoms with Crippen LogP contribution in [-0.4, -0.2) is 41.3 Å². The second-order valence-corrected chi connectivity index (χ2v) is 4.96. The molecule has 6 nitrogen and oxygen atoms in total. The molecule has 102 valence electrons. The number of fused-ring (bicyclic) bond motifs is 1. The number of ether oxygens (including phenoxy) is 1. The van der Waals surface area contributed by atoms with Crippen molar-refractivity contribution in [3.63, 3.8) is 0 Å². The van der Waals surface area contributed by atoms with Crippen molar-refractivity contribution in [3.8, 4) is 0 Å². The lowest BCUT2D eigenvalue weighted by molar-refractivity contribution is 0.0253. The quantitative estimate of drug-likeness (QED) is 0.358. The summed E-state index contributed by atoms with van der Waals surface area (Å²) in [4.78, 5) is 6.67. The van der Waals surface area contributed by atoms with E-state index in [9.17, 15) is 0 Å². The van der Waals surface area contributed by atoms with E-state index < -0.39 is 0 Å². The van der Waals surface area contributed by atoms with Crippen LogP contribution < -0.4 is 10.6 Å². The maximum Gasteiger partial charge on any atom is 0.173 e. The zero-order valence-corrected chi connectivity index (χ0v) is 10.7. The highest BCUT2D eigenvalue weighted by Crippen LogP contribution is 2.33. The van der Waals surface area contributed by atoms with Crippen LogP contribution in [0.5, 0.6) is 0 Å². The van der Waals surface area contributed by atoms with Crippen molar-refractivity contribution in [3.05, 3.63) is 23.9 Å². The Morgan fingerprint density at radius 1 is 1.53 bits per heavy atom. The van der Waals surface area contributed by atoms with Crippen LogP contribution in [0.25, 0.3) is 0 Å². The summed E-state index contributed by atoms with van der Waals surface area (Å²) in [5.41, 5.74) is 6.42. The molecule has 2 atom stereocenters. The molecule has 0 amide bonds. The third kappa shape index (κ3) is 2.12. The number of morpholine rings is 1. The highest BCUT2D eigenvalue weighted by atomic mass is 16.5. The summed E-state index contributed by atoms with van der Waals surface area (Å²) in [6, 6.07) is 3.98. The van der Waals surface area contributed by atoms with Gasteiger partial charge in [-0.15, -0.1) is 0 Å². The standard InChI is InChI=1S/C13H18N4O2/c14-12(16-18)9-3-2-6-15-13(9)17-7-8-19-11-5-1-4-10(11)17/h2-3,6,10-11,18H,1,4-5,7-8H2,(H2,14,16). The molecule has 1 saturated carbocycles. The van der Waals surface area contributed by atoms with E-state index in [4.69, 9.17) is 15.7 Å². The van der Waals surface area contributed by atoms with Crippen LogP contribution in [0.1, 0.15) is 24.8 Å². The van der Waals surface area contributed by atoms with E-state index >= 15 is 0 Å². The Balaban J connectivity index is 1.97. The van der Waals surface area contributed by atoms with Crippen molar-refractivity contribution in [1.82, 2.24) is 4.98 Å². The first kappa shape index (κ1) is 12.2. The maximum atomic E-state index is 8.89. The van der Waals surface area contributed by atoms with Gasteiger partial charge in [-0.2, -0.15) is 0 Å². The average molecular weight is 262 g/mol. The highest BCUT2D eigenvalue weighted by molar-refractivity contribution is 6.01. The van der Waals surface area contributed by atoms with Gasteiger partial charge >= 0.3 is 0 Å². The van der Waals surface area contributed by atoms with Gasteiger partial charge in [0, 0.05) is 12.7 Å². The molecule has 1 aromatic heterocycles. The zero-order chi connectivity index (χ0) is 13.2. The Bertz CT molecular complexity index is 491. The molecule has 0 aromatic carbocycles. The molecular weight excluding hydrogens is 244 g/mol. The smallest absolute Gasteiger partial charge is 0.173 e. The monoisotopic (exact) mass is 262 g/mol. The molecular formula is C13H18N4O2. The molecule has 2 aliphatic rings. The van der Waals surface area contributed by atoms with Crippen molar-refractivity contribution in [2.24, 2.45) is 10.9 Å². The second-order valence-electron chi connectivity index (χ2n) is 4.96. The van der Waals surface area contributed by atoms with E-state index in [0.717, 1.165) is 25.2 Å². The SMILES string of the molecule is NC(=NO)c1cccnc1N1CCOC2CCCC21. The molecule has 6 heteroatoms. The fourth-order valence-electron chi connectivity index (χ4n) is 3.07. The fraction of sp³-hybridized carbons (Fsp3) is 0.538. The van der Waals surface area contributed by atoms with Crippen molar-refractivity contribution in [2.45, 2.75) is 31.4 Å². The van der Waals surface area contributed by atoms with Gasteiger partial charge in [0.2, 0.25) is 0 Å². The number of hydrogen-bond donors (Lipinski definition) is 2. The van der Waals surface area contributed by atoms with Crippen molar-refractivity contribution >= 4 is 11.7 Å². The molecule has 1 aliphatic heterocycles. The van der Waals surface area contributed by atoms with Gasteiger partial charge in [-0.05, 0) is 31.4 Å². The summed E-state index contributed by atoms with van der Waals surface area (Å²) in [7, 11) is 0. The molecule has 2 unspecified atom stereocenters. The Labute approximate surface area is 111 Å². The van der Waals surface area contributed by atoms with Crippen LogP contribution >= 0.6 is 0 Å². The van der Waals surface area contributed by atoms with E-state index in [1.165, 1.54) is 6.42 Å². The number of rotatable bonds is 2. The van der Waals surface area contributed by atoms with Gasteiger partial charge in [-0.3, -0.25) is 0 Å². The Morgan fingerprint density at radius 3 is 3.26 bits per heavy atom. The molecule has 2 fully saturated rings. The number of hydrogen-bond acceptors (Lipinski definition) is 5. The number of pyridine rings is 1. The molecule has 3 N–H and O–H groups in total. The predicted molar refractivity (Wildman–Crippen MR) is 71.5 cm³/mol. The fourth-order valence-corrected chi connectivity index (χ4v) is 3.07. The van der Waals surface area contributed by atoms with Crippen molar-refractivity contribution < 1.29 is 9.94 Å². The lowest BCUT2D eigenvalue weighted by Gasteiger charge is -2.39. The third-order valence-electron chi connectivity index (χ3n) is 3.92. The molecule has 0 radical (unpaired) electrons. The van der Waals surface area contributed by atoms with E-state index in [1.807, 2.05) is 6.07 Å². The lowest BCUT2D eigenvalue weighted by Crippen LogP contribution is -2.49. The van der Waals surface area contributed by atoms with Gasteiger partial charge in [0.15, 0.2) is 5.84 Å².